The fourth-order valence-electron chi connectivity index (χ4n) is 4.41. The molecule has 0 spiro atoms. The third-order valence-electron chi connectivity index (χ3n) is 6.16. The smallest absolute Gasteiger partial charge is 0.200 e. The van der Waals surface area contributed by atoms with Crippen molar-refractivity contribution in [3.8, 4) is 5.75 Å². The molecule has 2 aromatic rings. The van der Waals surface area contributed by atoms with E-state index in [2.05, 4.69) is 0 Å². The molecule has 1 fully saturated rings. The van der Waals surface area contributed by atoms with Crippen molar-refractivity contribution in [1.29, 1.82) is 0 Å². The molecule has 0 saturated heterocycles. The summed E-state index contributed by atoms with van der Waals surface area (Å²) in [6.45, 7) is 3.67. The van der Waals surface area contributed by atoms with E-state index in [1.54, 1.807) is 6.92 Å². The molecule has 0 radical (unpaired) electrons. The Hall–Kier alpha value is -2.12. The molecule has 0 aliphatic heterocycles. The summed E-state index contributed by atoms with van der Waals surface area (Å²) in [6.07, 6.45) is 0.592. The molecule has 0 amide bonds. The normalized spacial score (nSPS) is 22.4. The molecule has 0 bridgehead atoms. The number of aliphatic hydroxyl groups is 2. The van der Waals surface area contributed by atoms with Gasteiger partial charge in [0.1, 0.15) is 0 Å². The molecule has 0 heterocycles. The van der Waals surface area contributed by atoms with Gasteiger partial charge >= 0.3 is 0 Å². The van der Waals surface area contributed by atoms with Gasteiger partial charge in [-0.25, -0.2) is 13.2 Å². The average molecular weight is 440 g/mol. The molecule has 7 heteroatoms. The summed E-state index contributed by atoms with van der Waals surface area (Å²) in [6, 6.07) is 5.47. The molecule has 1 aliphatic carbocycles. The van der Waals surface area contributed by atoms with Gasteiger partial charge in [0.2, 0.25) is 5.82 Å². The maximum absolute atomic E-state index is 14.7. The summed E-state index contributed by atoms with van der Waals surface area (Å²) in [5.41, 5.74) is -1.65. The summed E-state index contributed by atoms with van der Waals surface area (Å²) < 4.78 is 63.1. The topological polar surface area (TPSA) is 49.7 Å². The third-order valence-corrected chi connectivity index (χ3v) is 6.16. The number of hydrogen-bond acceptors (Lipinski definition) is 3. The van der Waals surface area contributed by atoms with Crippen LogP contribution in [0.2, 0.25) is 0 Å². The Morgan fingerprint density at radius 1 is 0.968 bits per heavy atom. The molecular weight excluding hydrogens is 412 g/mol. The van der Waals surface area contributed by atoms with E-state index in [0.717, 1.165) is 0 Å². The Morgan fingerprint density at radius 3 is 2.26 bits per heavy atom. The first-order valence-electron chi connectivity index (χ1n) is 10.7. The van der Waals surface area contributed by atoms with Gasteiger partial charge in [-0.2, -0.15) is 4.39 Å². The van der Waals surface area contributed by atoms with Crippen LogP contribution in [0.3, 0.4) is 0 Å². The molecular formula is C24H28F4O3. The van der Waals surface area contributed by atoms with Crippen LogP contribution < -0.4 is 4.74 Å². The number of rotatable bonds is 7. The summed E-state index contributed by atoms with van der Waals surface area (Å²) >= 11 is 0. The highest BCUT2D eigenvalue weighted by atomic mass is 19.2. The van der Waals surface area contributed by atoms with E-state index in [1.807, 2.05) is 6.92 Å². The van der Waals surface area contributed by atoms with Crippen LogP contribution in [0, 0.1) is 23.3 Å². The molecule has 2 N–H and O–H groups in total. The molecule has 2 aromatic carbocycles. The lowest BCUT2D eigenvalue weighted by Crippen LogP contribution is -2.32. The van der Waals surface area contributed by atoms with Gasteiger partial charge in [0, 0.05) is 11.1 Å². The molecule has 1 saturated carbocycles. The first-order chi connectivity index (χ1) is 14.7. The van der Waals surface area contributed by atoms with Crippen LogP contribution >= 0.6 is 0 Å². The van der Waals surface area contributed by atoms with Gasteiger partial charge in [-0.15, -0.1) is 0 Å². The maximum atomic E-state index is 14.7. The highest BCUT2D eigenvalue weighted by Gasteiger charge is 2.39. The lowest BCUT2D eigenvalue weighted by atomic mass is 9.72. The first-order valence-corrected chi connectivity index (χ1v) is 10.7. The van der Waals surface area contributed by atoms with E-state index < -0.39 is 35.0 Å². The van der Waals surface area contributed by atoms with E-state index in [9.17, 15) is 27.8 Å². The molecule has 170 valence electrons. The minimum absolute atomic E-state index is 0.0673. The fraction of sp³-hybridized carbons (Fsp3) is 0.500. The van der Waals surface area contributed by atoms with Crippen molar-refractivity contribution in [2.75, 3.05) is 6.61 Å². The zero-order valence-corrected chi connectivity index (χ0v) is 17.7. The van der Waals surface area contributed by atoms with E-state index in [-0.39, 0.29) is 60.6 Å². The van der Waals surface area contributed by atoms with Gasteiger partial charge in [0.05, 0.1) is 18.3 Å². The molecule has 0 aromatic heterocycles. The standard InChI is InChI=1S/C24H28F4O3/c1-3-5-18(29)16-7-6-15(20(25)21(16)26)14-10-12-24(30,13-11-14)17-8-9-19(31-4-2)23(28)22(17)27/h6-9,14,18,29-30H,3-5,10-13H2,1-2H3. The number of hydrogen-bond donors (Lipinski definition) is 2. The number of aliphatic hydroxyl groups excluding tert-OH is 1. The summed E-state index contributed by atoms with van der Waals surface area (Å²) in [5, 5.41) is 21.0. The van der Waals surface area contributed by atoms with Gasteiger partial charge < -0.3 is 14.9 Å². The average Bonchev–Trinajstić information content (AvgIpc) is 2.74. The van der Waals surface area contributed by atoms with Crippen molar-refractivity contribution < 1.29 is 32.5 Å². The van der Waals surface area contributed by atoms with E-state index in [1.165, 1.54) is 24.3 Å². The minimum atomic E-state index is -1.60. The molecule has 31 heavy (non-hydrogen) atoms. The second-order valence-corrected chi connectivity index (χ2v) is 8.15. The zero-order chi connectivity index (χ0) is 22.8. The molecule has 1 aliphatic rings. The largest absolute Gasteiger partial charge is 0.491 e. The van der Waals surface area contributed by atoms with Crippen LogP contribution in [0.1, 0.15) is 81.1 Å². The molecule has 3 nitrogen and oxygen atoms in total. The Kier molecular flexibility index (Phi) is 7.27. The Bertz CT molecular complexity index is 924. The molecule has 1 unspecified atom stereocenters. The Labute approximate surface area is 179 Å². The van der Waals surface area contributed by atoms with E-state index >= 15 is 0 Å². The van der Waals surface area contributed by atoms with Crippen LogP contribution in [0.15, 0.2) is 24.3 Å². The zero-order valence-electron chi connectivity index (χ0n) is 17.7. The van der Waals surface area contributed by atoms with E-state index in [4.69, 9.17) is 4.74 Å². The predicted octanol–water partition coefficient (Wildman–Crippen LogP) is 6.02. The SMILES string of the molecule is CCCC(O)c1ccc(C2CCC(O)(c3ccc(OCC)c(F)c3F)CC2)c(F)c1F. The van der Waals surface area contributed by atoms with Crippen LogP contribution in [-0.2, 0) is 5.60 Å². The van der Waals surface area contributed by atoms with Gasteiger partial charge in [-0.1, -0.05) is 25.5 Å². The van der Waals surface area contributed by atoms with Crippen molar-refractivity contribution in [3.63, 3.8) is 0 Å². The predicted molar refractivity (Wildman–Crippen MR) is 109 cm³/mol. The highest BCUT2D eigenvalue weighted by Crippen LogP contribution is 2.46. The number of ether oxygens (including phenoxy) is 1. The van der Waals surface area contributed by atoms with Crippen molar-refractivity contribution in [2.45, 2.75) is 70.0 Å². The van der Waals surface area contributed by atoms with E-state index in [0.29, 0.717) is 12.8 Å². The molecule has 1 atom stereocenters. The second-order valence-electron chi connectivity index (χ2n) is 8.15. The Balaban J connectivity index is 1.79. The second kappa shape index (κ2) is 9.57. The Morgan fingerprint density at radius 2 is 1.65 bits per heavy atom. The summed E-state index contributed by atoms with van der Waals surface area (Å²) in [4.78, 5) is 0. The first kappa shape index (κ1) is 23.5. The number of benzene rings is 2. The number of halogens is 4. The summed E-state index contributed by atoms with van der Waals surface area (Å²) in [5.74, 6) is -4.95. The summed E-state index contributed by atoms with van der Waals surface area (Å²) in [7, 11) is 0. The minimum Gasteiger partial charge on any atom is -0.491 e. The van der Waals surface area contributed by atoms with Crippen LogP contribution in [0.4, 0.5) is 17.6 Å². The van der Waals surface area contributed by atoms with Crippen molar-refractivity contribution in [2.24, 2.45) is 0 Å². The lowest BCUT2D eigenvalue weighted by molar-refractivity contribution is -0.00962. The van der Waals surface area contributed by atoms with Gasteiger partial charge in [0.25, 0.3) is 0 Å². The quantitative estimate of drug-likeness (QED) is 0.518. The highest BCUT2D eigenvalue weighted by molar-refractivity contribution is 5.36. The molecule has 3 rings (SSSR count). The van der Waals surface area contributed by atoms with Crippen molar-refractivity contribution >= 4 is 0 Å². The van der Waals surface area contributed by atoms with Crippen LogP contribution in [0.25, 0.3) is 0 Å². The van der Waals surface area contributed by atoms with Gasteiger partial charge in [-0.3, -0.25) is 0 Å². The van der Waals surface area contributed by atoms with Gasteiger partial charge in [-0.05, 0) is 62.6 Å². The maximum Gasteiger partial charge on any atom is 0.200 e. The van der Waals surface area contributed by atoms with Crippen molar-refractivity contribution in [3.05, 3.63) is 64.2 Å². The lowest BCUT2D eigenvalue weighted by Gasteiger charge is -2.37. The van der Waals surface area contributed by atoms with Crippen LogP contribution in [-0.4, -0.2) is 16.8 Å². The van der Waals surface area contributed by atoms with Gasteiger partial charge in [0.15, 0.2) is 23.2 Å². The van der Waals surface area contributed by atoms with Crippen molar-refractivity contribution in [1.82, 2.24) is 0 Å². The monoisotopic (exact) mass is 440 g/mol. The fourth-order valence-corrected chi connectivity index (χ4v) is 4.41. The van der Waals surface area contributed by atoms with Crippen LogP contribution in [0.5, 0.6) is 5.75 Å². The third kappa shape index (κ3) is 4.58.